The van der Waals surface area contributed by atoms with Crippen LogP contribution >= 0.6 is 23.2 Å². The zero-order valence-electron chi connectivity index (χ0n) is 14.6. The molecule has 1 unspecified atom stereocenters. The molecule has 0 aliphatic carbocycles. The smallest absolute Gasteiger partial charge is 0.413 e. The molecule has 1 fully saturated rings. The Kier molecular flexibility index (Phi) is 5.53. The van der Waals surface area contributed by atoms with E-state index in [1.165, 1.54) is 0 Å². The number of hydrogen-bond donors (Lipinski definition) is 0. The summed E-state index contributed by atoms with van der Waals surface area (Å²) in [7, 11) is 0. The monoisotopic (exact) mass is 371 g/mol. The standard InChI is InChI=1S/C18H23Cl2NO3/c1-17(2,3)24-16(22)21-13(11-23-18(21,4)5)8-6-12-7-9-14(19)15(20)10-12/h6-10,13H,11H2,1-5H3. The van der Waals surface area contributed by atoms with Crippen molar-refractivity contribution in [2.24, 2.45) is 0 Å². The van der Waals surface area contributed by atoms with Crippen LogP contribution in [0.25, 0.3) is 6.08 Å². The molecule has 4 nitrogen and oxygen atoms in total. The van der Waals surface area contributed by atoms with Crippen LogP contribution in [-0.2, 0) is 9.47 Å². The molecule has 0 N–H and O–H groups in total. The lowest BCUT2D eigenvalue weighted by Gasteiger charge is -2.34. The summed E-state index contributed by atoms with van der Waals surface area (Å²) in [4.78, 5) is 14.2. The highest BCUT2D eigenvalue weighted by Gasteiger charge is 2.44. The molecule has 0 spiro atoms. The Morgan fingerprint density at radius 1 is 1.33 bits per heavy atom. The van der Waals surface area contributed by atoms with Crippen molar-refractivity contribution >= 4 is 35.4 Å². The van der Waals surface area contributed by atoms with E-state index in [-0.39, 0.29) is 6.04 Å². The fourth-order valence-electron chi connectivity index (χ4n) is 2.48. The Hall–Kier alpha value is -1.23. The molecular formula is C18H23Cl2NO3. The number of nitrogens with zero attached hydrogens (tertiary/aromatic N) is 1. The molecule has 1 amide bonds. The first-order valence-corrected chi connectivity index (χ1v) is 8.55. The van der Waals surface area contributed by atoms with Gasteiger partial charge in [-0.25, -0.2) is 4.79 Å². The number of benzene rings is 1. The molecule has 1 aliphatic heterocycles. The van der Waals surface area contributed by atoms with Gasteiger partial charge in [-0.2, -0.15) is 0 Å². The fraction of sp³-hybridized carbons (Fsp3) is 0.500. The SMILES string of the molecule is CC(C)(C)OC(=O)N1C(C=Cc2ccc(Cl)c(Cl)c2)COC1(C)C. The van der Waals surface area contributed by atoms with Gasteiger partial charge < -0.3 is 9.47 Å². The lowest BCUT2D eigenvalue weighted by atomic mass is 10.1. The first-order valence-electron chi connectivity index (χ1n) is 7.79. The van der Waals surface area contributed by atoms with Crippen LogP contribution in [0.1, 0.15) is 40.2 Å². The number of carbonyl (C=O) groups is 1. The predicted molar refractivity (Wildman–Crippen MR) is 97.4 cm³/mol. The van der Waals surface area contributed by atoms with Gasteiger partial charge in [-0.1, -0.05) is 41.4 Å². The molecule has 132 valence electrons. The summed E-state index contributed by atoms with van der Waals surface area (Å²) in [5.74, 6) is 0. The van der Waals surface area contributed by atoms with Gasteiger partial charge in [-0.3, -0.25) is 4.90 Å². The third-order valence-corrected chi connectivity index (χ3v) is 4.30. The normalized spacial score (nSPS) is 20.6. The van der Waals surface area contributed by atoms with E-state index in [2.05, 4.69) is 0 Å². The minimum absolute atomic E-state index is 0.218. The third-order valence-electron chi connectivity index (χ3n) is 3.56. The van der Waals surface area contributed by atoms with Gasteiger partial charge in [0.15, 0.2) is 0 Å². The average molecular weight is 372 g/mol. The maximum Gasteiger partial charge on any atom is 0.413 e. The summed E-state index contributed by atoms with van der Waals surface area (Å²) < 4.78 is 11.3. The number of amides is 1. The van der Waals surface area contributed by atoms with E-state index >= 15 is 0 Å². The highest BCUT2D eigenvalue weighted by Crippen LogP contribution is 2.30. The van der Waals surface area contributed by atoms with Crippen molar-refractivity contribution in [3.63, 3.8) is 0 Å². The summed E-state index contributed by atoms with van der Waals surface area (Å²) in [6, 6.07) is 5.16. The number of halogens is 2. The number of hydrogen-bond acceptors (Lipinski definition) is 3. The molecule has 0 bridgehead atoms. The summed E-state index contributed by atoms with van der Waals surface area (Å²) in [5, 5.41) is 1.00. The van der Waals surface area contributed by atoms with Crippen LogP contribution in [0.15, 0.2) is 24.3 Å². The number of carbonyl (C=O) groups excluding carboxylic acids is 1. The van der Waals surface area contributed by atoms with E-state index in [0.29, 0.717) is 16.7 Å². The van der Waals surface area contributed by atoms with Crippen molar-refractivity contribution in [1.82, 2.24) is 4.90 Å². The van der Waals surface area contributed by atoms with E-state index in [1.807, 2.05) is 52.8 Å². The summed E-state index contributed by atoms with van der Waals surface area (Å²) in [5.41, 5.74) is -0.388. The Balaban J connectivity index is 2.19. The van der Waals surface area contributed by atoms with Gasteiger partial charge in [0.05, 0.1) is 22.7 Å². The van der Waals surface area contributed by atoms with E-state index in [4.69, 9.17) is 32.7 Å². The maximum absolute atomic E-state index is 12.5. The van der Waals surface area contributed by atoms with Crippen LogP contribution in [0, 0.1) is 0 Å². The predicted octanol–water partition coefficient (Wildman–Crippen LogP) is 5.38. The average Bonchev–Trinajstić information content (AvgIpc) is 2.73. The number of rotatable bonds is 2. The second kappa shape index (κ2) is 6.95. The third kappa shape index (κ3) is 4.65. The van der Waals surface area contributed by atoms with Crippen molar-refractivity contribution < 1.29 is 14.3 Å². The fourth-order valence-corrected chi connectivity index (χ4v) is 2.79. The van der Waals surface area contributed by atoms with Crippen LogP contribution < -0.4 is 0 Å². The molecule has 6 heteroatoms. The molecule has 24 heavy (non-hydrogen) atoms. The minimum atomic E-state index is -0.727. The molecular weight excluding hydrogens is 349 g/mol. The molecule has 1 aliphatic rings. The van der Waals surface area contributed by atoms with Gasteiger partial charge >= 0.3 is 6.09 Å². The summed E-state index contributed by atoms with van der Waals surface area (Å²) in [6.07, 6.45) is 3.42. The van der Waals surface area contributed by atoms with Gasteiger partial charge in [0, 0.05) is 0 Å². The van der Waals surface area contributed by atoms with Crippen LogP contribution in [0.5, 0.6) is 0 Å². The Morgan fingerprint density at radius 2 is 2.00 bits per heavy atom. The minimum Gasteiger partial charge on any atom is -0.444 e. The topological polar surface area (TPSA) is 38.8 Å². The molecule has 0 aromatic heterocycles. The first kappa shape index (κ1) is 19.1. The molecule has 1 saturated heterocycles. The highest BCUT2D eigenvalue weighted by molar-refractivity contribution is 6.42. The van der Waals surface area contributed by atoms with Crippen LogP contribution in [0.2, 0.25) is 10.0 Å². The van der Waals surface area contributed by atoms with Crippen molar-refractivity contribution in [3.05, 3.63) is 39.9 Å². The van der Waals surface area contributed by atoms with Crippen molar-refractivity contribution in [1.29, 1.82) is 0 Å². The quantitative estimate of drug-likeness (QED) is 0.700. The van der Waals surface area contributed by atoms with Crippen molar-refractivity contribution in [2.75, 3.05) is 6.61 Å². The summed E-state index contributed by atoms with van der Waals surface area (Å²) in [6.45, 7) is 9.64. The van der Waals surface area contributed by atoms with Gasteiger partial charge in [-0.05, 0) is 52.3 Å². The van der Waals surface area contributed by atoms with Gasteiger partial charge in [0.2, 0.25) is 0 Å². The molecule has 2 rings (SSSR count). The molecule has 0 radical (unpaired) electrons. The van der Waals surface area contributed by atoms with Crippen LogP contribution in [-0.4, -0.2) is 35.0 Å². The van der Waals surface area contributed by atoms with Crippen molar-refractivity contribution in [2.45, 2.75) is 52.0 Å². The molecule has 1 atom stereocenters. The second-order valence-electron chi connectivity index (χ2n) is 7.21. The summed E-state index contributed by atoms with van der Waals surface area (Å²) >= 11 is 12.0. The second-order valence-corrected chi connectivity index (χ2v) is 8.02. The Bertz CT molecular complexity index is 650. The largest absolute Gasteiger partial charge is 0.444 e. The van der Waals surface area contributed by atoms with Gasteiger partial charge in [0.1, 0.15) is 11.3 Å². The number of ether oxygens (including phenoxy) is 2. The van der Waals surface area contributed by atoms with E-state index in [9.17, 15) is 4.79 Å². The first-order chi connectivity index (χ1) is 11.0. The van der Waals surface area contributed by atoms with Crippen LogP contribution in [0.3, 0.4) is 0 Å². The van der Waals surface area contributed by atoms with Crippen LogP contribution in [0.4, 0.5) is 4.79 Å². The Morgan fingerprint density at radius 3 is 2.58 bits per heavy atom. The van der Waals surface area contributed by atoms with Gasteiger partial charge in [-0.15, -0.1) is 0 Å². The lowest BCUT2D eigenvalue weighted by molar-refractivity contribution is -0.0610. The zero-order chi connectivity index (χ0) is 18.1. The van der Waals surface area contributed by atoms with E-state index < -0.39 is 17.4 Å². The maximum atomic E-state index is 12.5. The van der Waals surface area contributed by atoms with Crippen molar-refractivity contribution in [3.8, 4) is 0 Å². The molecule has 1 heterocycles. The van der Waals surface area contributed by atoms with E-state index in [1.54, 1.807) is 17.0 Å². The molecule has 1 aromatic carbocycles. The lowest BCUT2D eigenvalue weighted by Crippen LogP contribution is -2.49. The molecule has 1 aromatic rings. The van der Waals surface area contributed by atoms with E-state index in [0.717, 1.165) is 5.56 Å². The zero-order valence-corrected chi connectivity index (χ0v) is 16.1. The highest BCUT2D eigenvalue weighted by atomic mass is 35.5. The molecule has 0 saturated carbocycles. The Labute approximate surface area is 153 Å². The van der Waals surface area contributed by atoms with Gasteiger partial charge in [0.25, 0.3) is 0 Å².